The summed E-state index contributed by atoms with van der Waals surface area (Å²) in [5, 5.41) is 12.4. The summed E-state index contributed by atoms with van der Waals surface area (Å²) in [5.41, 5.74) is 1.78. The summed E-state index contributed by atoms with van der Waals surface area (Å²) in [4.78, 5) is 20.8. The van der Waals surface area contributed by atoms with Crippen molar-refractivity contribution in [2.45, 2.75) is 30.6 Å². The van der Waals surface area contributed by atoms with Crippen LogP contribution in [0.5, 0.6) is 5.75 Å². The zero-order chi connectivity index (χ0) is 20.8. The number of morpholine rings is 1. The highest BCUT2D eigenvalue weighted by molar-refractivity contribution is 7.39. The van der Waals surface area contributed by atoms with Crippen LogP contribution in [0.4, 0.5) is 0 Å². The van der Waals surface area contributed by atoms with Crippen molar-refractivity contribution >= 4 is 14.0 Å². The first-order chi connectivity index (χ1) is 14.0. The Morgan fingerprint density at radius 1 is 1.21 bits per heavy atom. The molecule has 3 N–H and O–H groups in total. The summed E-state index contributed by atoms with van der Waals surface area (Å²) in [6, 6.07) is 14.3. The minimum Gasteiger partial charge on any atom is -0.497 e. The van der Waals surface area contributed by atoms with E-state index in [0.29, 0.717) is 26.0 Å². The number of methoxy groups -OCH3 is 1. The van der Waals surface area contributed by atoms with E-state index >= 15 is 0 Å². The molecule has 7 nitrogen and oxygen atoms in total. The third-order valence-corrected chi connectivity index (χ3v) is 6.39. The smallest absolute Gasteiger partial charge is 0.335 e. The maximum Gasteiger partial charge on any atom is 0.335 e. The molecule has 2 aromatic rings. The lowest BCUT2D eigenvalue weighted by Gasteiger charge is -2.34. The van der Waals surface area contributed by atoms with Crippen LogP contribution in [-0.2, 0) is 22.1 Å². The fourth-order valence-electron chi connectivity index (χ4n) is 3.49. The number of carboxylic acids is 1. The number of aromatic carboxylic acids is 1. The van der Waals surface area contributed by atoms with Gasteiger partial charge in [0.2, 0.25) is 0 Å². The molecular formula is C21H26NO6P. The van der Waals surface area contributed by atoms with Gasteiger partial charge in [-0.15, -0.1) is 0 Å². The molecule has 0 aromatic heterocycles. The van der Waals surface area contributed by atoms with E-state index < -0.39 is 19.7 Å². The third-order valence-electron chi connectivity index (χ3n) is 5.18. The molecule has 2 unspecified atom stereocenters. The van der Waals surface area contributed by atoms with Gasteiger partial charge in [-0.25, -0.2) is 4.79 Å². The number of carboxylic acid groups (broad SMARTS) is 1. The van der Waals surface area contributed by atoms with Gasteiger partial charge < -0.3 is 24.8 Å². The fourth-order valence-corrected chi connectivity index (χ4v) is 4.43. The summed E-state index contributed by atoms with van der Waals surface area (Å²) in [5.74, 6) is -0.197. The van der Waals surface area contributed by atoms with E-state index in [9.17, 15) is 14.3 Å². The number of hydrogen-bond acceptors (Lipinski definition) is 5. The molecule has 156 valence electrons. The van der Waals surface area contributed by atoms with Gasteiger partial charge in [-0.2, -0.15) is 0 Å². The van der Waals surface area contributed by atoms with Crippen LogP contribution < -0.4 is 10.1 Å². The Labute approximate surface area is 170 Å². The Balaban J connectivity index is 1.55. The van der Waals surface area contributed by atoms with Crippen LogP contribution in [0.1, 0.15) is 21.5 Å². The van der Waals surface area contributed by atoms with Gasteiger partial charge in [0.1, 0.15) is 5.75 Å². The van der Waals surface area contributed by atoms with Gasteiger partial charge in [0.15, 0.2) is 8.03 Å². The zero-order valence-corrected chi connectivity index (χ0v) is 17.2. The number of benzene rings is 2. The van der Waals surface area contributed by atoms with Gasteiger partial charge >= 0.3 is 5.97 Å². The largest absolute Gasteiger partial charge is 0.497 e. The molecule has 4 atom stereocenters. The monoisotopic (exact) mass is 419 g/mol. The van der Waals surface area contributed by atoms with E-state index in [0.717, 1.165) is 16.9 Å². The van der Waals surface area contributed by atoms with Gasteiger partial charge in [0.25, 0.3) is 0 Å². The predicted molar refractivity (Wildman–Crippen MR) is 110 cm³/mol. The first-order valence-corrected chi connectivity index (χ1v) is 10.9. The SMILES string of the molecule is COc1ccc(CC([C@H]2CN[C@H](Cc3ccc(C(=O)O)cc3)CO2)[PH](=O)O)cc1. The summed E-state index contributed by atoms with van der Waals surface area (Å²) in [7, 11) is -1.18. The van der Waals surface area contributed by atoms with Crippen molar-refractivity contribution in [2.24, 2.45) is 0 Å². The van der Waals surface area contributed by atoms with Crippen molar-refractivity contribution in [2.75, 3.05) is 20.3 Å². The Kier molecular flexibility index (Phi) is 7.45. The summed E-state index contributed by atoms with van der Waals surface area (Å²) >= 11 is 0. The Morgan fingerprint density at radius 2 is 1.86 bits per heavy atom. The minimum absolute atomic E-state index is 0.0737. The predicted octanol–water partition coefficient (Wildman–Crippen LogP) is 2.37. The fraction of sp³-hybridized carbons (Fsp3) is 0.381. The molecule has 1 aliphatic heterocycles. The summed E-state index contributed by atoms with van der Waals surface area (Å²) < 4.78 is 23.1. The maximum atomic E-state index is 12.0. The Bertz CT molecular complexity index is 831. The number of carbonyl (C=O) groups is 1. The molecule has 0 aliphatic carbocycles. The molecule has 29 heavy (non-hydrogen) atoms. The van der Waals surface area contributed by atoms with Crippen molar-refractivity contribution in [3.8, 4) is 5.75 Å². The van der Waals surface area contributed by atoms with Crippen LogP contribution in [0.25, 0.3) is 0 Å². The summed E-state index contributed by atoms with van der Waals surface area (Å²) in [6.45, 7) is 0.926. The molecule has 8 heteroatoms. The van der Waals surface area contributed by atoms with Gasteiger partial charge in [-0.1, -0.05) is 24.3 Å². The molecule has 1 fully saturated rings. The van der Waals surface area contributed by atoms with Gasteiger partial charge in [-0.05, 0) is 48.2 Å². The topological polar surface area (TPSA) is 105 Å². The van der Waals surface area contributed by atoms with Crippen LogP contribution in [0, 0.1) is 0 Å². The molecule has 0 saturated carbocycles. The van der Waals surface area contributed by atoms with Crippen LogP contribution in [0.3, 0.4) is 0 Å². The second-order valence-corrected chi connectivity index (χ2v) is 8.60. The average Bonchev–Trinajstić information content (AvgIpc) is 2.73. The molecule has 1 heterocycles. The lowest BCUT2D eigenvalue weighted by atomic mass is 10.0. The standard InChI is InChI=1S/C21H26NO6P/c1-27-18-8-4-15(5-9-18)11-20(29(25)26)19-12-22-17(13-28-19)10-14-2-6-16(7-3-14)21(23)24/h2-9,17,19-20,22,29H,10-13H2,1H3,(H,23,24)(H,25,26)/t17-,19-,20?/m1/s1. The maximum absolute atomic E-state index is 12.0. The quantitative estimate of drug-likeness (QED) is 0.564. The van der Waals surface area contributed by atoms with E-state index in [4.69, 9.17) is 14.6 Å². The van der Waals surface area contributed by atoms with Crippen molar-refractivity contribution in [3.05, 3.63) is 65.2 Å². The van der Waals surface area contributed by atoms with Crippen LogP contribution in [0.2, 0.25) is 0 Å². The van der Waals surface area contributed by atoms with E-state index in [1.807, 2.05) is 24.3 Å². The first-order valence-electron chi connectivity index (χ1n) is 9.49. The molecule has 0 radical (unpaired) electrons. The van der Waals surface area contributed by atoms with E-state index in [-0.39, 0.29) is 17.7 Å². The zero-order valence-electron chi connectivity index (χ0n) is 16.2. The number of rotatable bonds is 8. The van der Waals surface area contributed by atoms with Crippen LogP contribution in [0.15, 0.2) is 48.5 Å². The highest BCUT2D eigenvalue weighted by atomic mass is 31.1. The van der Waals surface area contributed by atoms with E-state index in [1.165, 1.54) is 0 Å². The molecule has 0 bridgehead atoms. The van der Waals surface area contributed by atoms with E-state index in [2.05, 4.69) is 5.32 Å². The van der Waals surface area contributed by atoms with E-state index in [1.54, 1.807) is 31.4 Å². The molecular weight excluding hydrogens is 393 g/mol. The molecule has 1 saturated heterocycles. The summed E-state index contributed by atoms with van der Waals surface area (Å²) in [6.07, 6.45) is 0.829. The molecule has 2 aromatic carbocycles. The van der Waals surface area contributed by atoms with Gasteiger partial charge in [-0.3, -0.25) is 4.57 Å². The van der Waals surface area contributed by atoms with Crippen molar-refractivity contribution in [1.82, 2.24) is 5.32 Å². The highest BCUT2D eigenvalue weighted by Gasteiger charge is 2.31. The second kappa shape index (κ2) is 10.0. The lowest BCUT2D eigenvalue weighted by Crippen LogP contribution is -2.51. The Hall–Kier alpha value is -2.18. The minimum atomic E-state index is -2.78. The normalized spacial score (nSPS) is 21.3. The third kappa shape index (κ3) is 5.90. The average molecular weight is 419 g/mol. The Morgan fingerprint density at radius 3 is 2.38 bits per heavy atom. The molecule has 0 amide bonds. The lowest BCUT2D eigenvalue weighted by molar-refractivity contribution is 0.00136. The molecule has 0 spiro atoms. The van der Waals surface area contributed by atoms with Crippen molar-refractivity contribution < 1.29 is 28.8 Å². The highest BCUT2D eigenvalue weighted by Crippen LogP contribution is 2.31. The van der Waals surface area contributed by atoms with Gasteiger partial charge in [0, 0.05) is 12.6 Å². The van der Waals surface area contributed by atoms with Crippen molar-refractivity contribution in [1.29, 1.82) is 0 Å². The second-order valence-electron chi connectivity index (χ2n) is 7.18. The molecule has 1 aliphatic rings. The number of nitrogens with one attached hydrogen (secondary N) is 1. The van der Waals surface area contributed by atoms with Crippen LogP contribution in [-0.4, -0.2) is 54.0 Å². The van der Waals surface area contributed by atoms with Crippen LogP contribution >= 0.6 is 8.03 Å². The molecule has 3 rings (SSSR count). The number of ether oxygens (including phenoxy) is 2. The first kappa shape index (κ1) is 21.5. The number of hydrogen-bond donors (Lipinski definition) is 3. The van der Waals surface area contributed by atoms with Crippen molar-refractivity contribution in [3.63, 3.8) is 0 Å². The van der Waals surface area contributed by atoms with Gasteiger partial charge in [0.05, 0.1) is 31.0 Å².